The summed E-state index contributed by atoms with van der Waals surface area (Å²) in [6.45, 7) is -1.15. The molecule has 124 valence electrons. The Morgan fingerprint density at radius 1 is 1.43 bits per heavy atom. The molecule has 23 heavy (non-hydrogen) atoms. The number of carbonyl (C=O) groups excluding carboxylic acids is 1. The molecule has 3 N–H and O–H groups in total. The zero-order valence-electron chi connectivity index (χ0n) is 12.4. The molecule has 1 unspecified atom stereocenters. The lowest BCUT2D eigenvalue weighted by atomic mass is 10.1. The molecule has 1 aromatic carbocycles. The Morgan fingerprint density at radius 2 is 2.22 bits per heavy atom. The molecule has 0 aliphatic heterocycles. The van der Waals surface area contributed by atoms with Gasteiger partial charge in [0.05, 0.1) is 18.2 Å². The number of aromatic nitrogens is 2. The number of amides is 1. The lowest BCUT2D eigenvalue weighted by Crippen LogP contribution is -2.29. The van der Waals surface area contributed by atoms with Gasteiger partial charge in [-0.1, -0.05) is 12.1 Å². The number of carbonyl (C=O) groups is 1. The summed E-state index contributed by atoms with van der Waals surface area (Å²) in [5, 5.41) is 19.3. The number of rotatable bonds is 7. The Labute approximate surface area is 131 Å². The number of hydrogen-bond donors (Lipinski definition) is 3. The number of aryl methyl sites for hydroxylation is 1. The van der Waals surface area contributed by atoms with Crippen LogP contribution in [0.1, 0.15) is 23.1 Å². The highest BCUT2D eigenvalue weighted by molar-refractivity contribution is 5.78. The van der Waals surface area contributed by atoms with E-state index >= 15 is 0 Å². The van der Waals surface area contributed by atoms with Gasteiger partial charge in [-0.15, -0.1) is 0 Å². The second kappa shape index (κ2) is 7.68. The van der Waals surface area contributed by atoms with E-state index in [1.54, 1.807) is 12.1 Å². The molecule has 0 radical (unpaired) electrons. The summed E-state index contributed by atoms with van der Waals surface area (Å²) in [5.41, 5.74) is 1.82. The predicted octanol–water partition coefficient (Wildman–Crippen LogP) is 1.71. The third kappa shape index (κ3) is 5.33. The highest BCUT2D eigenvalue weighted by Gasteiger charge is 2.13. The van der Waals surface area contributed by atoms with Crippen LogP contribution in [0, 0.1) is 6.92 Å². The molecule has 1 heterocycles. The fraction of sp³-hybridized carbons (Fsp3) is 0.333. The number of nitrogens with zero attached hydrogens (tertiary/aromatic N) is 1. The fourth-order valence-corrected chi connectivity index (χ4v) is 2.02. The van der Waals surface area contributed by atoms with Gasteiger partial charge in [0.25, 0.3) is 0 Å². The van der Waals surface area contributed by atoms with E-state index in [9.17, 15) is 18.7 Å². The van der Waals surface area contributed by atoms with Crippen molar-refractivity contribution in [3.63, 3.8) is 0 Å². The zero-order chi connectivity index (χ0) is 16.8. The maximum atomic E-state index is 12.2. The van der Waals surface area contributed by atoms with Crippen LogP contribution in [0.3, 0.4) is 0 Å². The Bertz CT molecular complexity index is 661. The Kier molecular flexibility index (Phi) is 5.64. The molecule has 0 aliphatic rings. The average Bonchev–Trinajstić information content (AvgIpc) is 2.89. The molecule has 1 aromatic heterocycles. The normalized spacial score (nSPS) is 12.2. The van der Waals surface area contributed by atoms with Crippen molar-refractivity contribution >= 4 is 5.91 Å². The highest BCUT2D eigenvalue weighted by atomic mass is 19.3. The van der Waals surface area contributed by atoms with Gasteiger partial charge < -0.3 is 15.2 Å². The first-order valence-corrected chi connectivity index (χ1v) is 6.94. The molecule has 0 fully saturated rings. The van der Waals surface area contributed by atoms with E-state index in [0.717, 1.165) is 5.69 Å². The quantitative estimate of drug-likeness (QED) is 0.723. The smallest absolute Gasteiger partial charge is 0.387 e. The number of H-pyrrole nitrogens is 1. The summed E-state index contributed by atoms with van der Waals surface area (Å²) in [6, 6.07) is 7.47. The van der Waals surface area contributed by atoms with Crippen molar-refractivity contribution in [1.29, 1.82) is 0 Å². The molecular weight excluding hydrogens is 308 g/mol. The Hall–Kier alpha value is -2.48. The molecule has 6 nitrogen and oxygen atoms in total. The lowest BCUT2D eigenvalue weighted by Gasteiger charge is -2.13. The molecule has 0 spiro atoms. The van der Waals surface area contributed by atoms with Crippen LogP contribution >= 0.6 is 0 Å². The minimum absolute atomic E-state index is 0.0413. The van der Waals surface area contributed by atoms with Crippen molar-refractivity contribution in [1.82, 2.24) is 15.5 Å². The van der Waals surface area contributed by atoms with Crippen LogP contribution in [0.2, 0.25) is 0 Å². The van der Waals surface area contributed by atoms with E-state index in [4.69, 9.17) is 0 Å². The Morgan fingerprint density at radius 3 is 2.87 bits per heavy atom. The van der Waals surface area contributed by atoms with Crippen molar-refractivity contribution in [2.24, 2.45) is 0 Å². The molecule has 0 saturated carbocycles. The second-order valence-corrected chi connectivity index (χ2v) is 4.99. The van der Waals surface area contributed by atoms with Gasteiger partial charge in [0.15, 0.2) is 0 Å². The van der Waals surface area contributed by atoms with Gasteiger partial charge in [-0.05, 0) is 30.7 Å². The van der Waals surface area contributed by atoms with Crippen LogP contribution in [-0.2, 0) is 11.2 Å². The third-order valence-corrected chi connectivity index (χ3v) is 3.06. The molecular formula is C15H17F2N3O3. The summed E-state index contributed by atoms with van der Waals surface area (Å²) < 4.78 is 28.6. The SMILES string of the molecule is Cc1cc(CC(=O)NCC(O)c2cccc(OC(F)F)c2)n[nH]1. The number of alkyl halides is 2. The molecule has 2 aromatic rings. The second-order valence-electron chi connectivity index (χ2n) is 4.99. The summed E-state index contributed by atoms with van der Waals surface area (Å²) in [5.74, 6) is -0.342. The van der Waals surface area contributed by atoms with E-state index in [1.165, 1.54) is 18.2 Å². The van der Waals surface area contributed by atoms with Gasteiger partial charge in [0.2, 0.25) is 5.91 Å². The zero-order valence-corrected chi connectivity index (χ0v) is 12.4. The number of halogens is 2. The number of nitrogens with one attached hydrogen (secondary N) is 2. The summed E-state index contributed by atoms with van der Waals surface area (Å²) in [7, 11) is 0. The molecule has 1 amide bonds. The van der Waals surface area contributed by atoms with Gasteiger partial charge in [-0.2, -0.15) is 13.9 Å². The first-order chi connectivity index (χ1) is 10.9. The maximum absolute atomic E-state index is 12.2. The lowest BCUT2D eigenvalue weighted by molar-refractivity contribution is -0.120. The van der Waals surface area contributed by atoms with Crippen LogP contribution in [0.25, 0.3) is 0 Å². The van der Waals surface area contributed by atoms with E-state index in [1.807, 2.05) is 6.92 Å². The molecule has 1 atom stereocenters. The average molecular weight is 325 g/mol. The minimum atomic E-state index is -2.93. The number of ether oxygens (including phenoxy) is 1. The van der Waals surface area contributed by atoms with E-state index < -0.39 is 12.7 Å². The van der Waals surface area contributed by atoms with Crippen LogP contribution in [0.15, 0.2) is 30.3 Å². The van der Waals surface area contributed by atoms with Crippen molar-refractivity contribution in [3.05, 3.63) is 47.3 Å². The van der Waals surface area contributed by atoms with Gasteiger partial charge in [-0.3, -0.25) is 9.89 Å². The molecule has 8 heteroatoms. The number of aliphatic hydroxyl groups excluding tert-OH is 1. The van der Waals surface area contributed by atoms with Gasteiger partial charge in [0, 0.05) is 12.2 Å². The highest BCUT2D eigenvalue weighted by Crippen LogP contribution is 2.20. The molecule has 0 bridgehead atoms. The number of benzene rings is 1. The van der Waals surface area contributed by atoms with E-state index in [-0.39, 0.29) is 24.6 Å². The first-order valence-electron chi connectivity index (χ1n) is 6.94. The Balaban J connectivity index is 1.86. The van der Waals surface area contributed by atoms with E-state index in [2.05, 4.69) is 20.3 Å². The van der Waals surface area contributed by atoms with Crippen molar-refractivity contribution in [3.8, 4) is 5.75 Å². The predicted molar refractivity (Wildman–Crippen MR) is 78.1 cm³/mol. The van der Waals surface area contributed by atoms with Crippen LogP contribution < -0.4 is 10.1 Å². The number of hydrogen-bond acceptors (Lipinski definition) is 4. The van der Waals surface area contributed by atoms with Crippen molar-refractivity contribution in [2.45, 2.75) is 26.1 Å². The summed E-state index contributed by atoms with van der Waals surface area (Å²) in [4.78, 5) is 11.8. The fourth-order valence-electron chi connectivity index (χ4n) is 2.02. The summed E-state index contributed by atoms with van der Waals surface area (Å²) >= 11 is 0. The summed E-state index contributed by atoms with van der Waals surface area (Å²) in [6.07, 6.45) is -0.938. The molecule has 2 rings (SSSR count). The van der Waals surface area contributed by atoms with Gasteiger partial charge in [-0.25, -0.2) is 0 Å². The van der Waals surface area contributed by atoms with Gasteiger partial charge >= 0.3 is 6.61 Å². The van der Waals surface area contributed by atoms with E-state index in [0.29, 0.717) is 11.3 Å². The largest absolute Gasteiger partial charge is 0.435 e. The first kappa shape index (κ1) is 16.9. The topological polar surface area (TPSA) is 87.2 Å². The van der Waals surface area contributed by atoms with Crippen LogP contribution in [-0.4, -0.2) is 34.4 Å². The minimum Gasteiger partial charge on any atom is -0.435 e. The van der Waals surface area contributed by atoms with Crippen molar-refractivity contribution < 1.29 is 23.4 Å². The van der Waals surface area contributed by atoms with Gasteiger partial charge in [0.1, 0.15) is 5.75 Å². The van der Waals surface area contributed by atoms with Crippen LogP contribution in [0.5, 0.6) is 5.75 Å². The van der Waals surface area contributed by atoms with Crippen LogP contribution in [0.4, 0.5) is 8.78 Å². The standard InChI is InChI=1S/C15H17F2N3O3/c1-9-5-11(20-19-9)7-14(22)18-8-13(21)10-3-2-4-12(6-10)23-15(16)17/h2-6,13,15,21H,7-8H2,1H3,(H,18,22)(H,19,20). The monoisotopic (exact) mass is 325 g/mol. The third-order valence-electron chi connectivity index (χ3n) is 3.06. The molecule has 0 saturated heterocycles. The maximum Gasteiger partial charge on any atom is 0.387 e. The molecule has 0 aliphatic carbocycles. The number of aromatic amines is 1. The number of aliphatic hydroxyl groups is 1. The van der Waals surface area contributed by atoms with Crippen molar-refractivity contribution in [2.75, 3.05) is 6.54 Å².